The highest BCUT2D eigenvalue weighted by atomic mass is 16.5. The van der Waals surface area contributed by atoms with Crippen LogP contribution < -0.4 is 5.32 Å². The van der Waals surface area contributed by atoms with E-state index < -0.39 is 0 Å². The first-order valence-electron chi connectivity index (χ1n) is 5.89. The molecule has 0 fully saturated rings. The Bertz CT molecular complexity index is 479. The number of anilines is 1. The van der Waals surface area contributed by atoms with Crippen molar-refractivity contribution in [2.45, 2.75) is 13.3 Å². The van der Waals surface area contributed by atoms with E-state index in [9.17, 15) is 0 Å². The number of methoxy groups -OCH3 is 1. The van der Waals surface area contributed by atoms with Crippen molar-refractivity contribution in [1.82, 2.24) is 10.1 Å². The van der Waals surface area contributed by atoms with Gasteiger partial charge in [-0.15, -0.1) is 0 Å². The molecule has 0 atom stereocenters. The first-order chi connectivity index (χ1) is 8.78. The zero-order chi connectivity index (χ0) is 12.8. The minimum atomic E-state index is 0.439. The van der Waals surface area contributed by atoms with Gasteiger partial charge in [-0.05, 0) is 12.5 Å². The first kappa shape index (κ1) is 12.6. The Morgan fingerprint density at radius 1 is 1.28 bits per heavy atom. The lowest BCUT2D eigenvalue weighted by molar-refractivity contribution is 0.210. The first-order valence-corrected chi connectivity index (χ1v) is 5.89. The second-order valence-corrected chi connectivity index (χ2v) is 4.10. The SMILES string of the molecule is COCCNc1nc(Cc2ccc(C)cc2)no1. The summed E-state index contributed by atoms with van der Waals surface area (Å²) in [6.45, 7) is 3.33. The standard InChI is InChI=1S/C13H17N3O2/c1-10-3-5-11(6-4-10)9-12-15-13(18-16-12)14-7-8-17-2/h3-6H,7-9H2,1-2H3,(H,14,15,16). The molecule has 1 heterocycles. The average molecular weight is 247 g/mol. The van der Waals surface area contributed by atoms with Crippen LogP contribution in [-0.2, 0) is 11.2 Å². The monoisotopic (exact) mass is 247 g/mol. The van der Waals surface area contributed by atoms with Crippen molar-refractivity contribution >= 4 is 6.01 Å². The van der Waals surface area contributed by atoms with Gasteiger partial charge in [-0.1, -0.05) is 35.0 Å². The van der Waals surface area contributed by atoms with Crippen LogP contribution in [0.4, 0.5) is 6.01 Å². The number of nitrogens with one attached hydrogen (secondary N) is 1. The predicted molar refractivity (Wildman–Crippen MR) is 68.6 cm³/mol. The van der Waals surface area contributed by atoms with Crippen molar-refractivity contribution < 1.29 is 9.26 Å². The molecule has 2 rings (SSSR count). The highest BCUT2D eigenvalue weighted by Gasteiger charge is 2.06. The van der Waals surface area contributed by atoms with Gasteiger partial charge in [0, 0.05) is 20.1 Å². The van der Waals surface area contributed by atoms with Gasteiger partial charge in [0.15, 0.2) is 5.82 Å². The van der Waals surface area contributed by atoms with Gasteiger partial charge in [0.2, 0.25) is 0 Å². The van der Waals surface area contributed by atoms with Gasteiger partial charge in [-0.3, -0.25) is 0 Å². The maximum atomic E-state index is 5.08. The maximum absolute atomic E-state index is 5.08. The Labute approximate surface area is 106 Å². The summed E-state index contributed by atoms with van der Waals surface area (Å²) >= 11 is 0. The van der Waals surface area contributed by atoms with E-state index in [2.05, 4.69) is 46.6 Å². The molecule has 0 saturated heterocycles. The van der Waals surface area contributed by atoms with Crippen molar-refractivity contribution in [3.63, 3.8) is 0 Å². The number of aromatic nitrogens is 2. The van der Waals surface area contributed by atoms with E-state index >= 15 is 0 Å². The summed E-state index contributed by atoms with van der Waals surface area (Å²) in [5.41, 5.74) is 2.42. The van der Waals surface area contributed by atoms with Crippen LogP contribution in [0.5, 0.6) is 0 Å². The molecule has 0 aliphatic heterocycles. The highest BCUT2D eigenvalue weighted by molar-refractivity contribution is 5.25. The Morgan fingerprint density at radius 2 is 2.06 bits per heavy atom. The van der Waals surface area contributed by atoms with Crippen LogP contribution in [0.15, 0.2) is 28.8 Å². The Kier molecular flexibility index (Phi) is 4.30. The lowest BCUT2D eigenvalue weighted by Gasteiger charge is -1.98. The number of rotatable bonds is 6. The molecule has 1 aromatic heterocycles. The number of ether oxygens (including phenoxy) is 1. The molecule has 0 aliphatic carbocycles. The molecule has 5 nitrogen and oxygen atoms in total. The van der Waals surface area contributed by atoms with Crippen LogP contribution in [-0.4, -0.2) is 30.4 Å². The number of hydrogen-bond acceptors (Lipinski definition) is 5. The van der Waals surface area contributed by atoms with Crippen LogP contribution in [0.25, 0.3) is 0 Å². The van der Waals surface area contributed by atoms with Gasteiger partial charge in [-0.25, -0.2) is 0 Å². The fourth-order valence-corrected chi connectivity index (χ4v) is 1.55. The van der Waals surface area contributed by atoms with Gasteiger partial charge in [-0.2, -0.15) is 4.98 Å². The largest absolute Gasteiger partial charge is 0.383 e. The van der Waals surface area contributed by atoms with Gasteiger partial charge < -0.3 is 14.6 Å². The molecule has 5 heteroatoms. The van der Waals surface area contributed by atoms with E-state index in [0.29, 0.717) is 31.4 Å². The summed E-state index contributed by atoms with van der Waals surface area (Å²) in [5, 5.41) is 6.92. The van der Waals surface area contributed by atoms with Crippen molar-refractivity contribution in [1.29, 1.82) is 0 Å². The van der Waals surface area contributed by atoms with E-state index in [1.54, 1.807) is 7.11 Å². The zero-order valence-corrected chi connectivity index (χ0v) is 10.6. The van der Waals surface area contributed by atoms with Crippen molar-refractivity contribution in [3.8, 4) is 0 Å². The summed E-state index contributed by atoms with van der Waals surface area (Å²) in [5.74, 6) is 0.679. The zero-order valence-electron chi connectivity index (χ0n) is 10.6. The minimum absolute atomic E-state index is 0.439. The van der Waals surface area contributed by atoms with Gasteiger partial charge >= 0.3 is 6.01 Å². The van der Waals surface area contributed by atoms with Gasteiger partial charge in [0.1, 0.15) is 0 Å². The highest BCUT2D eigenvalue weighted by Crippen LogP contribution is 2.10. The molecule has 18 heavy (non-hydrogen) atoms. The molecule has 0 radical (unpaired) electrons. The van der Waals surface area contributed by atoms with Crippen molar-refractivity contribution in [2.24, 2.45) is 0 Å². The third-order valence-electron chi connectivity index (χ3n) is 2.53. The molecule has 0 bridgehead atoms. The van der Waals surface area contributed by atoms with Crippen LogP contribution in [0, 0.1) is 6.92 Å². The molecule has 0 unspecified atom stereocenters. The maximum Gasteiger partial charge on any atom is 0.321 e. The Hall–Kier alpha value is -1.88. The smallest absolute Gasteiger partial charge is 0.321 e. The molecule has 1 aromatic carbocycles. The van der Waals surface area contributed by atoms with Gasteiger partial charge in [0.05, 0.1) is 6.61 Å². The molecule has 0 saturated carbocycles. The van der Waals surface area contributed by atoms with E-state index in [1.807, 2.05) is 0 Å². The molecular formula is C13H17N3O2. The lowest BCUT2D eigenvalue weighted by atomic mass is 10.1. The summed E-state index contributed by atoms with van der Waals surface area (Å²) in [7, 11) is 1.65. The minimum Gasteiger partial charge on any atom is -0.383 e. The number of benzene rings is 1. The van der Waals surface area contributed by atoms with Crippen molar-refractivity contribution in [2.75, 3.05) is 25.6 Å². The third-order valence-corrected chi connectivity index (χ3v) is 2.53. The topological polar surface area (TPSA) is 60.2 Å². The molecule has 1 N–H and O–H groups in total. The second-order valence-electron chi connectivity index (χ2n) is 4.10. The molecular weight excluding hydrogens is 230 g/mol. The predicted octanol–water partition coefficient (Wildman–Crippen LogP) is 2.03. The molecule has 0 amide bonds. The fourth-order valence-electron chi connectivity index (χ4n) is 1.55. The molecule has 0 spiro atoms. The van der Waals surface area contributed by atoms with Crippen molar-refractivity contribution in [3.05, 3.63) is 41.2 Å². The average Bonchev–Trinajstić information content (AvgIpc) is 2.80. The molecule has 2 aromatic rings. The fraction of sp³-hybridized carbons (Fsp3) is 0.385. The van der Waals surface area contributed by atoms with Crippen LogP contribution >= 0.6 is 0 Å². The van der Waals surface area contributed by atoms with E-state index in [-0.39, 0.29) is 0 Å². The normalized spacial score (nSPS) is 10.6. The quantitative estimate of drug-likeness (QED) is 0.791. The van der Waals surface area contributed by atoms with Crippen LogP contribution in [0.1, 0.15) is 17.0 Å². The molecule has 0 aliphatic rings. The Morgan fingerprint density at radius 3 is 2.78 bits per heavy atom. The van der Waals surface area contributed by atoms with E-state index in [1.165, 1.54) is 11.1 Å². The van der Waals surface area contributed by atoms with Crippen LogP contribution in [0.3, 0.4) is 0 Å². The van der Waals surface area contributed by atoms with Crippen LogP contribution in [0.2, 0.25) is 0 Å². The summed E-state index contributed by atoms with van der Waals surface area (Å²) in [6.07, 6.45) is 0.676. The third kappa shape index (κ3) is 3.56. The second kappa shape index (κ2) is 6.16. The molecule has 96 valence electrons. The summed E-state index contributed by atoms with van der Waals surface area (Å²) < 4.78 is 10.0. The number of hydrogen-bond donors (Lipinski definition) is 1. The van der Waals surface area contributed by atoms with Gasteiger partial charge in [0.25, 0.3) is 0 Å². The Balaban J connectivity index is 1.91. The lowest BCUT2D eigenvalue weighted by Crippen LogP contribution is -2.07. The van der Waals surface area contributed by atoms with E-state index in [4.69, 9.17) is 9.26 Å². The summed E-state index contributed by atoms with van der Waals surface area (Å²) in [6, 6.07) is 8.74. The summed E-state index contributed by atoms with van der Waals surface area (Å²) in [4.78, 5) is 4.26. The number of aryl methyl sites for hydroxylation is 1. The number of nitrogens with zero attached hydrogens (tertiary/aromatic N) is 2. The van der Waals surface area contributed by atoms with E-state index in [0.717, 1.165) is 0 Å².